The summed E-state index contributed by atoms with van der Waals surface area (Å²) < 4.78 is 0. The van der Waals surface area contributed by atoms with Gasteiger partial charge in [0, 0.05) is 13.0 Å². The first kappa shape index (κ1) is 14.6. The molecule has 0 aliphatic heterocycles. The Morgan fingerprint density at radius 1 is 1.32 bits per heavy atom. The van der Waals surface area contributed by atoms with E-state index in [0.717, 1.165) is 0 Å². The van der Waals surface area contributed by atoms with Crippen LogP contribution in [-0.2, 0) is 0 Å². The zero-order valence-corrected chi connectivity index (χ0v) is 10.3. The number of phenolic OH excluding ortho intramolecular Hbond substituents is 2. The molecule has 0 radical (unpaired) electrons. The van der Waals surface area contributed by atoms with Gasteiger partial charge in [-0.3, -0.25) is 4.79 Å². The van der Waals surface area contributed by atoms with Gasteiger partial charge in [0.1, 0.15) is 5.84 Å². The van der Waals surface area contributed by atoms with Crippen molar-refractivity contribution in [2.24, 2.45) is 10.9 Å². The summed E-state index contributed by atoms with van der Waals surface area (Å²) in [5.74, 6) is -1.08. The number of para-hydroxylation sites is 1. The first-order valence-electron chi connectivity index (χ1n) is 5.81. The summed E-state index contributed by atoms with van der Waals surface area (Å²) in [6.45, 7) is 0.395. The van der Waals surface area contributed by atoms with E-state index in [-0.39, 0.29) is 17.1 Å². The molecule has 7 nitrogen and oxygen atoms in total. The number of unbranched alkanes of at least 4 members (excludes halogenated alkanes) is 1. The molecule has 1 aromatic rings. The van der Waals surface area contributed by atoms with E-state index in [1.165, 1.54) is 18.2 Å². The maximum absolute atomic E-state index is 11.7. The number of nitrogens with zero attached hydrogens (tertiary/aromatic N) is 1. The van der Waals surface area contributed by atoms with Crippen molar-refractivity contribution in [1.29, 1.82) is 0 Å². The van der Waals surface area contributed by atoms with Gasteiger partial charge in [0.05, 0.1) is 5.56 Å². The number of oxime groups is 1. The van der Waals surface area contributed by atoms with Crippen molar-refractivity contribution in [2.45, 2.75) is 19.3 Å². The average molecular weight is 267 g/mol. The minimum atomic E-state index is -0.461. The highest BCUT2D eigenvalue weighted by molar-refractivity contribution is 5.97. The maximum Gasteiger partial charge on any atom is 0.255 e. The fourth-order valence-corrected chi connectivity index (χ4v) is 1.49. The molecule has 0 aromatic heterocycles. The second kappa shape index (κ2) is 7.10. The van der Waals surface area contributed by atoms with Crippen molar-refractivity contribution < 1.29 is 20.2 Å². The highest BCUT2D eigenvalue weighted by Crippen LogP contribution is 2.27. The van der Waals surface area contributed by atoms with E-state index in [1.807, 2.05) is 0 Å². The molecule has 6 N–H and O–H groups in total. The minimum Gasteiger partial charge on any atom is -0.504 e. The molecule has 0 aliphatic rings. The molecule has 1 aromatic carbocycles. The summed E-state index contributed by atoms with van der Waals surface area (Å²) in [6.07, 6.45) is 1.77. The topological polar surface area (TPSA) is 128 Å². The van der Waals surface area contributed by atoms with Crippen molar-refractivity contribution in [1.82, 2.24) is 5.32 Å². The molecule has 19 heavy (non-hydrogen) atoms. The number of rotatable bonds is 6. The Bertz CT molecular complexity index is 474. The molecule has 1 amide bonds. The van der Waals surface area contributed by atoms with Crippen LogP contribution in [0, 0.1) is 0 Å². The molecule has 0 spiro atoms. The Kier molecular flexibility index (Phi) is 5.46. The highest BCUT2D eigenvalue weighted by Gasteiger charge is 2.12. The monoisotopic (exact) mass is 267 g/mol. The normalized spacial score (nSPS) is 11.3. The molecule has 0 unspecified atom stereocenters. The largest absolute Gasteiger partial charge is 0.504 e. The third-order valence-electron chi connectivity index (χ3n) is 2.53. The predicted molar refractivity (Wildman–Crippen MR) is 69.4 cm³/mol. The average Bonchev–Trinajstić information content (AvgIpc) is 2.40. The van der Waals surface area contributed by atoms with E-state index in [9.17, 15) is 15.0 Å². The Morgan fingerprint density at radius 2 is 2.05 bits per heavy atom. The first-order chi connectivity index (χ1) is 9.06. The van der Waals surface area contributed by atoms with Crippen LogP contribution in [0.1, 0.15) is 29.6 Å². The van der Waals surface area contributed by atoms with Gasteiger partial charge in [0.15, 0.2) is 11.5 Å². The number of nitrogens with one attached hydrogen (secondary N) is 1. The van der Waals surface area contributed by atoms with Gasteiger partial charge in [-0.25, -0.2) is 0 Å². The summed E-state index contributed by atoms with van der Waals surface area (Å²) in [4.78, 5) is 11.7. The molecule has 0 aliphatic carbocycles. The number of aromatic hydroxyl groups is 2. The molecule has 0 heterocycles. The number of nitrogens with two attached hydrogens (primary N) is 1. The van der Waals surface area contributed by atoms with Crippen LogP contribution in [0.15, 0.2) is 23.4 Å². The molecule has 0 saturated carbocycles. The van der Waals surface area contributed by atoms with Gasteiger partial charge < -0.3 is 26.5 Å². The van der Waals surface area contributed by atoms with Gasteiger partial charge in [-0.05, 0) is 25.0 Å². The van der Waals surface area contributed by atoms with E-state index < -0.39 is 11.7 Å². The van der Waals surface area contributed by atoms with E-state index in [2.05, 4.69) is 10.5 Å². The number of benzene rings is 1. The fraction of sp³-hybridized carbons (Fsp3) is 0.333. The lowest BCUT2D eigenvalue weighted by molar-refractivity contribution is 0.0949. The lowest BCUT2D eigenvalue weighted by atomic mass is 10.1. The SMILES string of the molecule is N/C(CCCCNC(=O)c1cccc(O)c1O)=N/O. The van der Waals surface area contributed by atoms with Gasteiger partial charge in [-0.15, -0.1) is 0 Å². The molecule has 0 saturated heterocycles. The standard InChI is InChI=1S/C12H17N3O4/c13-10(15-19)6-1-2-7-14-12(18)8-4-3-5-9(16)11(8)17/h3-5,16-17,19H,1-2,6-7H2,(H2,13,15)(H,14,18). The van der Waals surface area contributed by atoms with Crippen LogP contribution in [0.2, 0.25) is 0 Å². The third-order valence-corrected chi connectivity index (χ3v) is 2.53. The maximum atomic E-state index is 11.7. The van der Waals surface area contributed by atoms with E-state index >= 15 is 0 Å². The quantitative estimate of drug-likeness (QED) is 0.130. The van der Waals surface area contributed by atoms with Gasteiger partial charge >= 0.3 is 0 Å². The van der Waals surface area contributed by atoms with Crippen LogP contribution in [-0.4, -0.2) is 33.7 Å². The second-order valence-corrected chi connectivity index (χ2v) is 3.98. The van der Waals surface area contributed by atoms with E-state index in [1.54, 1.807) is 0 Å². The Labute approximate surface area is 110 Å². The number of amidine groups is 1. The molecule has 0 atom stereocenters. The number of carbonyl (C=O) groups excluding carboxylic acids is 1. The van der Waals surface area contributed by atoms with Gasteiger partial charge in [0.25, 0.3) is 5.91 Å². The minimum absolute atomic E-state index is 0.0245. The summed E-state index contributed by atoms with van der Waals surface area (Å²) in [6, 6.07) is 4.19. The molecule has 7 heteroatoms. The molecule has 0 fully saturated rings. The Hall–Kier alpha value is -2.44. The van der Waals surface area contributed by atoms with E-state index in [0.29, 0.717) is 25.8 Å². The third kappa shape index (κ3) is 4.38. The molecule has 104 valence electrons. The van der Waals surface area contributed by atoms with Gasteiger partial charge in [-0.1, -0.05) is 11.2 Å². The fourth-order valence-electron chi connectivity index (χ4n) is 1.49. The van der Waals surface area contributed by atoms with Crippen LogP contribution < -0.4 is 11.1 Å². The van der Waals surface area contributed by atoms with Crippen LogP contribution in [0.3, 0.4) is 0 Å². The summed E-state index contributed by atoms with van der Waals surface area (Å²) in [5.41, 5.74) is 5.32. The summed E-state index contributed by atoms with van der Waals surface area (Å²) >= 11 is 0. The molecule has 1 rings (SSSR count). The lowest BCUT2D eigenvalue weighted by Crippen LogP contribution is -2.24. The molecule has 0 bridgehead atoms. The zero-order chi connectivity index (χ0) is 14.3. The first-order valence-corrected chi connectivity index (χ1v) is 5.81. The number of hydrogen-bond acceptors (Lipinski definition) is 5. The van der Waals surface area contributed by atoms with Crippen LogP contribution in [0.5, 0.6) is 11.5 Å². The second-order valence-electron chi connectivity index (χ2n) is 3.98. The van der Waals surface area contributed by atoms with Crippen LogP contribution >= 0.6 is 0 Å². The summed E-state index contributed by atoms with van der Waals surface area (Å²) in [7, 11) is 0. The van der Waals surface area contributed by atoms with Crippen LogP contribution in [0.25, 0.3) is 0 Å². The van der Waals surface area contributed by atoms with Crippen molar-refractivity contribution in [3.8, 4) is 11.5 Å². The zero-order valence-electron chi connectivity index (χ0n) is 10.3. The van der Waals surface area contributed by atoms with Gasteiger partial charge in [0.2, 0.25) is 0 Å². The van der Waals surface area contributed by atoms with Crippen LogP contribution in [0.4, 0.5) is 0 Å². The van der Waals surface area contributed by atoms with Crippen molar-refractivity contribution in [2.75, 3.05) is 6.54 Å². The Morgan fingerprint density at radius 3 is 2.74 bits per heavy atom. The molecular formula is C12H17N3O4. The van der Waals surface area contributed by atoms with Gasteiger partial charge in [-0.2, -0.15) is 0 Å². The number of carbonyl (C=O) groups is 1. The van der Waals surface area contributed by atoms with Crippen molar-refractivity contribution in [3.63, 3.8) is 0 Å². The van der Waals surface area contributed by atoms with Crippen molar-refractivity contribution in [3.05, 3.63) is 23.8 Å². The number of phenols is 2. The smallest absolute Gasteiger partial charge is 0.255 e. The number of amides is 1. The van der Waals surface area contributed by atoms with E-state index in [4.69, 9.17) is 10.9 Å². The molecular weight excluding hydrogens is 250 g/mol. The van der Waals surface area contributed by atoms with Crippen molar-refractivity contribution >= 4 is 11.7 Å². The Balaban J connectivity index is 2.38. The number of hydrogen-bond donors (Lipinski definition) is 5. The predicted octanol–water partition coefficient (Wildman–Crippen LogP) is 0.744. The summed E-state index contributed by atoms with van der Waals surface area (Å²) in [5, 5.41) is 32.5. The highest BCUT2D eigenvalue weighted by atomic mass is 16.4. The lowest BCUT2D eigenvalue weighted by Gasteiger charge is -2.07.